The molecule has 0 saturated carbocycles. The summed E-state index contributed by atoms with van der Waals surface area (Å²) in [7, 11) is -4.36. The summed E-state index contributed by atoms with van der Waals surface area (Å²) in [6.45, 7) is 3.64. The molecule has 0 aliphatic carbocycles. The molecule has 0 spiro atoms. The molecule has 10 nitrogen and oxygen atoms in total. The number of hydrogen-bond acceptors (Lipinski definition) is 7. The third-order valence-corrected chi connectivity index (χ3v) is 10.2. The van der Waals surface area contributed by atoms with Gasteiger partial charge in [-0.3, -0.25) is 13.9 Å². The van der Waals surface area contributed by atoms with Gasteiger partial charge in [0.05, 0.1) is 19.8 Å². The quantitative estimate of drug-likeness (QED) is 0.184. The van der Waals surface area contributed by atoms with Crippen LogP contribution in [0.5, 0.6) is 0 Å². The molecular weight excluding hydrogens is 608 g/mol. The number of alkyl halides is 2. The molecular formula is C25H27F5N5O5PS. The Hall–Kier alpha value is -3.20. The second-order valence-electron chi connectivity index (χ2n) is 8.76. The van der Waals surface area contributed by atoms with Crippen LogP contribution in [0.2, 0.25) is 0 Å². The predicted molar refractivity (Wildman–Crippen MR) is 145 cm³/mol. The molecule has 0 radical (unpaired) electrons. The fourth-order valence-corrected chi connectivity index (χ4v) is 7.94. The summed E-state index contributed by atoms with van der Waals surface area (Å²) in [4.78, 5) is 16.2. The Morgan fingerprint density at radius 2 is 1.74 bits per heavy atom. The average molecular weight is 636 g/mol. The van der Waals surface area contributed by atoms with E-state index in [4.69, 9.17) is 13.5 Å². The molecule has 17 heteroatoms. The van der Waals surface area contributed by atoms with Crippen LogP contribution in [0, 0.1) is 17.5 Å². The molecule has 1 aliphatic heterocycles. The number of aromatic nitrogens is 2. The zero-order valence-electron chi connectivity index (χ0n) is 22.5. The maximum absolute atomic E-state index is 15.2. The van der Waals surface area contributed by atoms with Crippen molar-refractivity contribution in [3.05, 3.63) is 65.3 Å². The van der Waals surface area contributed by atoms with Gasteiger partial charge in [-0.2, -0.15) is 12.9 Å². The van der Waals surface area contributed by atoms with Crippen LogP contribution in [0.1, 0.15) is 31.7 Å². The minimum atomic E-state index is -3.64. The Morgan fingerprint density at radius 1 is 1.05 bits per heavy atom. The number of anilines is 1. The van der Waals surface area contributed by atoms with Gasteiger partial charge < -0.3 is 9.32 Å². The van der Waals surface area contributed by atoms with Gasteiger partial charge in [0.2, 0.25) is 5.89 Å². The van der Waals surface area contributed by atoms with Crippen molar-refractivity contribution in [2.45, 2.75) is 26.8 Å². The number of urea groups is 1. The van der Waals surface area contributed by atoms with E-state index in [-0.39, 0.29) is 55.6 Å². The second-order valence-corrected chi connectivity index (χ2v) is 12.6. The van der Waals surface area contributed by atoms with Crippen molar-refractivity contribution in [2.75, 3.05) is 42.7 Å². The molecule has 228 valence electrons. The molecule has 2 amide bonds. The number of nitrogens with zero attached hydrogens (tertiary/aromatic N) is 5. The third-order valence-electron chi connectivity index (χ3n) is 5.97. The van der Waals surface area contributed by atoms with Crippen LogP contribution in [-0.4, -0.2) is 58.9 Å². The lowest BCUT2D eigenvalue weighted by Gasteiger charge is -2.34. The molecule has 0 N–H and O–H groups in total. The van der Waals surface area contributed by atoms with E-state index in [1.54, 1.807) is 13.8 Å². The molecule has 0 bridgehead atoms. The van der Waals surface area contributed by atoms with Crippen molar-refractivity contribution in [3.63, 3.8) is 0 Å². The van der Waals surface area contributed by atoms with Gasteiger partial charge in [-0.25, -0.2) is 22.5 Å². The van der Waals surface area contributed by atoms with Crippen LogP contribution in [-0.2, 0) is 30.8 Å². The van der Waals surface area contributed by atoms with Crippen molar-refractivity contribution in [1.82, 2.24) is 15.1 Å². The number of carbonyl (C=O) groups is 1. The van der Waals surface area contributed by atoms with Crippen LogP contribution in [0.3, 0.4) is 0 Å². The van der Waals surface area contributed by atoms with Crippen molar-refractivity contribution < 1.29 is 44.8 Å². The monoisotopic (exact) mass is 635 g/mol. The standard InChI is InChI=1S/C25H27F5N5O5PS/c1-3-38-41(37,39-4-2)33-42-11-9-34(10-12-42)25(36)35(18-7-8-19(26)21(28)14-18)15-17-6-5-16(13-20(17)27)23-31-32-24(40-23)22(29)30/h5-8,13-14,22H,3-4,9-12,15H2,1-2H3. The zero-order chi connectivity index (χ0) is 30.4. The molecule has 1 aromatic heterocycles. The first-order valence-corrected chi connectivity index (χ1v) is 15.8. The Balaban J connectivity index is 1.56. The summed E-state index contributed by atoms with van der Waals surface area (Å²) < 4.78 is 101. The van der Waals surface area contributed by atoms with Crippen molar-refractivity contribution in [1.29, 1.82) is 0 Å². The molecule has 3 aromatic rings. The summed E-state index contributed by atoms with van der Waals surface area (Å²) in [6, 6.07) is 5.89. The lowest BCUT2D eigenvalue weighted by atomic mass is 10.1. The molecule has 2 aromatic carbocycles. The van der Waals surface area contributed by atoms with Crippen LogP contribution in [0.15, 0.2) is 44.9 Å². The maximum Gasteiger partial charge on any atom is 0.459 e. The molecule has 4 rings (SSSR count). The molecule has 1 fully saturated rings. The minimum absolute atomic E-state index is 0.00782. The van der Waals surface area contributed by atoms with Gasteiger partial charge in [-0.05, 0) is 38.1 Å². The SMILES string of the molecule is CCOP(=O)(N=S1CCN(C(=O)N(Cc2ccc(-c3nnc(C(F)F)o3)cc2F)c2ccc(F)c(F)c2)CC1)OCC. The van der Waals surface area contributed by atoms with E-state index in [1.165, 1.54) is 23.1 Å². The van der Waals surface area contributed by atoms with E-state index in [1.807, 2.05) is 0 Å². The van der Waals surface area contributed by atoms with Crippen LogP contribution >= 0.6 is 7.75 Å². The van der Waals surface area contributed by atoms with Gasteiger partial charge in [-0.1, -0.05) is 16.8 Å². The van der Waals surface area contributed by atoms with E-state index in [0.717, 1.165) is 23.1 Å². The Morgan fingerprint density at radius 3 is 2.31 bits per heavy atom. The topological polar surface area (TPSA) is 110 Å². The lowest BCUT2D eigenvalue weighted by Crippen LogP contribution is -2.48. The van der Waals surface area contributed by atoms with Gasteiger partial charge in [0.1, 0.15) is 5.82 Å². The highest BCUT2D eigenvalue weighted by Gasteiger charge is 2.30. The van der Waals surface area contributed by atoms with Crippen LogP contribution in [0.4, 0.5) is 32.4 Å². The number of benzene rings is 2. The van der Waals surface area contributed by atoms with Crippen molar-refractivity contribution in [3.8, 4) is 11.5 Å². The first kappa shape index (κ1) is 31.7. The number of hydrogen-bond donors (Lipinski definition) is 0. The first-order chi connectivity index (χ1) is 20.0. The fourth-order valence-electron chi connectivity index (χ4n) is 3.98. The van der Waals surface area contributed by atoms with Gasteiger partial charge in [0, 0.05) is 47.5 Å². The maximum atomic E-state index is 15.2. The van der Waals surface area contributed by atoms with Gasteiger partial charge in [0.25, 0.3) is 5.89 Å². The van der Waals surface area contributed by atoms with E-state index in [0.29, 0.717) is 11.5 Å². The molecule has 1 saturated heterocycles. The van der Waals surface area contributed by atoms with Gasteiger partial charge in [0.15, 0.2) is 11.6 Å². The van der Waals surface area contributed by atoms with E-state index in [2.05, 4.69) is 14.3 Å². The summed E-state index contributed by atoms with van der Waals surface area (Å²) in [5.74, 6) is -3.68. The highest BCUT2D eigenvalue weighted by molar-refractivity contribution is 7.90. The van der Waals surface area contributed by atoms with E-state index in [9.17, 15) is 26.9 Å². The summed E-state index contributed by atoms with van der Waals surface area (Å²) in [5, 5.41) is 6.71. The van der Waals surface area contributed by atoms with Gasteiger partial charge >= 0.3 is 20.2 Å². The van der Waals surface area contributed by atoms with Gasteiger partial charge in [-0.15, -0.1) is 10.2 Å². The summed E-state index contributed by atoms with van der Waals surface area (Å²) >= 11 is 0. The number of amides is 2. The van der Waals surface area contributed by atoms with Crippen molar-refractivity contribution >= 4 is 30.2 Å². The van der Waals surface area contributed by atoms with Crippen LogP contribution in [0.25, 0.3) is 11.5 Å². The molecule has 2 heterocycles. The number of carbonyl (C=O) groups excluding carboxylic acids is 1. The number of rotatable bonds is 10. The summed E-state index contributed by atoms with van der Waals surface area (Å²) in [6.07, 6.45) is -3.00. The van der Waals surface area contributed by atoms with E-state index < -0.39 is 54.2 Å². The lowest BCUT2D eigenvalue weighted by molar-refractivity contribution is 0.116. The second kappa shape index (κ2) is 13.8. The average Bonchev–Trinajstić information content (AvgIpc) is 3.45. The number of halogens is 5. The first-order valence-electron chi connectivity index (χ1n) is 12.7. The highest BCUT2D eigenvalue weighted by Crippen LogP contribution is 2.50. The smallest absolute Gasteiger partial charge is 0.415 e. The molecule has 1 aliphatic rings. The zero-order valence-corrected chi connectivity index (χ0v) is 24.2. The Labute approximate surface area is 240 Å². The van der Waals surface area contributed by atoms with Crippen LogP contribution < -0.4 is 4.90 Å². The van der Waals surface area contributed by atoms with E-state index >= 15 is 4.39 Å². The predicted octanol–water partition coefficient (Wildman–Crippen LogP) is 6.52. The molecule has 0 atom stereocenters. The third kappa shape index (κ3) is 7.60. The minimum Gasteiger partial charge on any atom is -0.415 e. The normalized spacial score (nSPS) is 14.4. The largest absolute Gasteiger partial charge is 0.459 e. The Kier molecular flexibility index (Phi) is 10.5. The molecule has 0 unspecified atom stereocenters. The van der Waals surface area contributed by atoms with Crippen molar-refractivity contribution in [2.24, 2.45) is 4.13 Å². The highest BCUT2D eigenvalue weighted by atomic mass is 32.2. The Bertz CT molecular complexity index is 1490. The molecule has 42 heavy (non-hydrogen) atoms. The summed E-state index contributed by atoms with van der Waals surface area (Å²) in [5.41, 5.74) is 0.00317. The fraction of sp³-hybridized carbons (Fsp3) is 0.400.